The summed E-state index contributed by atoms with van der Waals surface area (Å²) in [6, 6.07) is 25.7. The number of hydrogen-bond donors (Lipinski definition) is 3. The third-order valence-electron chi connectivity index (χ3n) is 4.90. The first-order valence-corrected chi connectivity index (χ1v) is 10.9. The summed E-state index contributed by atoms with van der Waals surface area (Å²) in [5.74, 6) is 0.845. The minimum absolute atomic E-state index is 0.178. The molecule has 0 spiro atoms. The molecule has 4 N–H and O–H groups in total. The van der Waals surface area contributed by atoms with E-state index in [1.54, 1.807) is 23.9 Å². The van der Waals surface area contributed by atoms with Gasteiger partial charge in [0.1, 0.15) is 0 Å². The van der Waals surface area contributed by atoms with Crippen LogP contribution < -0.4 is 16.4 Å². The summed E-state index contributed by atoms with van der Waals surface area (Å²) >= 11 is 1.76. The normalized spacial score (nSPS) is 16.9. The number of hydrogen-bond acceptors (Lipinski definition) is 4. The zero-order valence-corrected chi connectivity index (χ0v) is 17.4. The summed E-state index contributed by atoms with van der Waals surface area (Å²) in [7, 11) is 0. The lowest BCUT2D eigenvalue weighted by molar-refractivity contribution is 0.102. The Kier molecular flexibility index (Phi) is 6.35. The molecule has 6 heteroatoms. The highest BCUT2D eigenvalue weighted by Gasteiger charge is 2.20. The van der Waals surface area contributed by atoms with Crippen molar-refractivity contribution in [3.8, 4) is 0 Å². The maximum atomic E-state index is 12.4. The first kappa shape index (κ1) is 20.0. The zero-order valence-electron chi connectivity index (χ0n) is 16.5. The first-order chi connectivity index (χ1) is 14.7. The van der Waals surface area contributed by atoms with Gasteiger partial charge >= 0.3 is 0 Å². The molecular formula is C24H24N4OS. The van der Waals surface area contributed by atoms with Gasteiger partial charge in [-0.15, -0.1) is 0 Å². The van der Waals surface area contributed by atoms with E-state index in [1.807, 2.05) is 42.5 Å². The van der Waals surface area contributed by atoms with Crippen LogP contribution in [0.2, 0.25) is 0 Å². The quantitative estimate of drug-likeness (QED) is 0.523. The lowest BCUT2D eigenvalue weighted by Crippen LogP contribution is -2.29. The summed E-state index contributed by atoms with van der Waals surface area (Å²) in [5.41, 5.74) is 10.0. The van der Waals surface area contributed by atoms with Crippen molar-refractivity contribution in [3.05, 3.63) is 95.6 Å². The van der Waals surface area contributed by atoms with Crippen LogP contribution in [0.15, 0.2) is 83.9 Å². The Bertz CT molecular complexity index is 1030. The summed E-state index contributed by atoms with van der Waals surface area (Å²) in [6.07, 6.45) is 1.00. The van der Waals surface area contributed by atoms with Gasteiger partial charge in [0.15, 0.2) is 5.17 Å². The number of para-hydroxylation sites is 2. The second kappa shape index (κ2) is 9.50. The SMILES string of the molecule is Nc1ccccc1NC(=O)c1ccc(CN=C2N[C@@H](Cc3ccccc3)CS2)cc1. The van der Waals surface area contributed by atoms with Crippen molar-refractivity contribution in [2.45, 2.75) is 19.0 Å². The van der Waals surface area contributed by atoms with Crippen molar-refractivity contribution in [1.29, 1.82) is 0 Å². The van der Waals surface area contributed by atoms with Crippen molar-refractivity contribution in [2.24, 2.45) is 4.99 Å². The highest BCUT2D eigenvalue weighted by atomic mass is 32.2. The van der Waals surface area contributed by atoms with Gasteiger partial charge in [-0.25, -0.2) is 0 Å². The predicted molar refractivity (Wildman–Crippen MR) is 126 cm³/mol. The average molecular weight is 417 g/mol. The number of carbonyl (C=O) groups is 1. The smallest absolute Gasteiger partial charge is 0.255 e. The molecule has 5 nitrogen and oxygen atoms in total. The van der Waals surface area contributed by atoms with E-state index in [9.17, 15) is 4.79 Å². The van der Waals surface area contributed by atoms with Crippen LogP contribution in [-0.2, 0) is 13.0 Å². The number of aliphatic imine (C=N–C) groups is 1. The Hall–Kier alpha value is -3.25. The lowest BCUT2D eigenvalue weighted by atomic mass is 10.1. The molecule has 30 heavy (non-hydrogen) atoms. The van der Waals surface area contributed by atoms with E-state index in [2.05, 4.69) is 34.9 Å². The van der Waals surface area contributed by atoms with Gasteiger partial charge in [0.2, 0.25) is 0 Å². The highest BCUT2D eigenvalue weighted by Crippen LogP contribution is 2.19. The highest BCUT2D eigenvalue weighted by molar-refractivity contribution is 8.14. The molecule has 0 aromatic heterocycles. The number of thioether (sulfide) groups is 1. The van der Waals surface area contributed by atoms with Crippen molar-refractivity contribution >= 4 is 34.2 Å². The third-order valence-corrected chi connectivity index (χ3v) is 5.99. The van der Waals surface area contributed by atoms with E-state index in [0.717, 1.165) is 22.9 Å². The number of amides is 1. The monoisotopic (exact) mass is 416 g/mol. The minimum Gasteiger partial charge on any atom is -0.397 e. The van der Waals surface area contributed by atoms with Gasteiger partial charge in [-0.1, -0.05) is 66.4 Å². The van der Waals surface area contributed by atoms with Gasteiger partial charge in [-0.3, -0.25) is 9.79 Å². The molecule has 4 rings (SSSR count). The number of nitrogens with two attached hydrogens (primary N) is 1. The van der Waals surface area contributed by atoms with E-state index in [-0.39, 0.29) is 5.91 Å². The van der Waals surface area contributed by atoms with Crippen LogP contribution in [0.25, 0.3) is 0 Å². The summed E-state index contributed by atoms with van der Waals surface area (Å²) in [4.78, 5) is 17.1. The average Bonchev–Trinajstić information content (AvgIpc) is 3.22. The van der Waals surface area contributed by atoms with Gasteiger partial charge in [0.05, 0.1) is 17.9 Å². The van der Waals surface area contributed by atoms with Crippen LogP contribution in [-0.4, -0.2) is 22.9 Å². The Morgan fingerprint density at radius 3 is 2.50 bits per heavy atom. The Morgan fingerprint density at radius 2 is 1.73 bits per heavy atom. The van der Waals surface area contributed by atoms with Gasteiger partial charge in [-0.05, 0) is 41.8 Å². The van der Waals surface area contributed by atoms with Gasteiger partial charge in [0.25, 0.3) is 5.91 Å². The number of anilines is 2. The van der Waals surface area contributed by atoms with Crippen LogP contribution in [0, 0.1) is 0 Å². The number of nitrogens with zero attached hydrogens (tertiary/aromatic N) is 1. The molecule has 0 aliphatic carbocycles. The maximum absolute atomic E-state index is 12.4. The van der Waals surface area contributed by atoms with Crippen molar-refractivity contribution in [3.63, 3.8) is 0 Å². The van der Waals surface area contributed by atoms with E-state index < -0.39 is 0 Å². The van der Waals surface area contributed by atoms with Crippen LogP contribution in [0.1, 0.15) is 21.5 Å². The lowest BCUT2D eigenvalue weighted by Gasteiger charge is -2.09. The molecule has 1 atom stereocenters. The molecule has 3 aromatic carbocycles. The molecule has 3 aromatic rings. The Morgan fingerprint density at radius 1 is 1.00 bits per heavy atom. The second-order valence-electron chi connectivity index (χ2n) is 7.20. The molecule has 1 aliphatic rings. The van der Waals surface area contributed by atoms with Gasteiger partial charge < -0.3 is 16.4 Å². The third kappa shape index (κ3) is 5.21. The number of carbonyl (C=O) groups excluding carboxylic acids is 1. The molecule has 1 aliphatic heterocycles. The van der Waals surface area contributed by atoms with Crippen LogP contribution in [0.5, 0.6) is 0 Å². The summed E-state index contributed by atoms with van der Waals surface area (Å²) in [5, 5.41) is 7.34. The maximum Gasteiger partial charge on any atom is 0.255 e. The van der Waals surface area contributed by atoms with E-state index in [1.165, 1.54) is 5.56 Å². The molecule has 0 unspecified atom stereocenters. The molecule has 1 heterocycles. The number of nitrogens with one attached hydrogen (secondary N) is 2. The topological polar surface area (TPSA) is 79.5 Å². The number of amidine groups is 1. The number of benzene rings is 3. The van der Waals surface area contributed by atoms with Crippen molar-refractivity contribution in [2.75, 3.05) is 16.8 Å². The summed E-state index contributed by atoms with van der Waals surface area (Å²) in [6.45, 7) is 0.584. The molecule has 0 radical (unpaired) electrons. The molecule has 0 bridgehead atoms. The first-order valence-electron chi connectivity index (χ1n) is 9.90. The molecular weight excluding hydrogens is 392 g/mol. The van der Waals surface area contributed by atoms with Gasteiger partial charge in [-0.2, -0.15) is 0 Å². The summed E-state index contributed by atoms with van der Waals surface area (Å²) < 4.78 is 0. The van der Waals surface area contributed by atoms with E-state index in [0.29, 0.717) is 29.5 Å². The van der Waals surface area contributed by atoms with E-state index >= 15 is 0 Å². The fourth-order valence-electron chi connectivity index (χ4n) is 3.27. The molecule has 152 valence electrons. The number of rotatable bonds is 6. The number of nitrogen functional groups attached to an aromatic ring is 1. The molecule has 0 saturated carbocycles. The predicted octanol–water partition coefficient (Wildman–Crippen LogP) is 4.32. The fourth-order valence-corrected chi connectivity index (χ4v) is 4.23. The molecule has 1 fully saturated rings. The minimum atomic E-state index is -0.178. The van der Waals surface area contributed by atoms with Crippen LogP contribution >= 0.6 is 11.8 Å². The zero-order chi connectivity index (χ0) is 20.8. The molecule has 1 amide bonds. The standard InChI is InChI=1S/C24H24N4OS/c25-21-8-4-5-9-22(21)28-23(29)19-12-10-18(11-13-19)15-26-24-27-20(16-30-24)14-17-6-2-1-3-7-17/h1-13,20H,14-16,25H2,(H,26,27)(H,28,29)/t20-/m0/s1. The van der Waals surface area contributed by atoms with Crippen LogP contribution in [0.3, 0.4) is 0 Å². The van der Waals surface area contributed by atoms with Gasteiger partial charge in [0, 0.05) is 17.4 Å². The Balaban J connectivity index is 1.30. The van der Waals surface area contributed by atoms with Crippen molar-refractivity contribution < 1.29 is 4.79 Å². The second-order valence-corrected chi connectivity index (χ2v) is 8.21. The van der Waals surface area contributed by atoms with Crippen LogP contribution in [0.4, 0.5) is 11.4 Å². The molecule has 1 saturated heterocycles. The Labute approximate surface area is 180 Å². The largest absolute Gasteiger partial charge is 0.397 e. The van der Waals surface area contributed by atoms with E-state index in [4.69, 9.17) is 10.7 Å². The van der Waals surface area contributed by atoms with Crippen molar-refractivity contribution in [1.82, 2.24) is 5.32 Å². The fraction of sp³-hybridized carbons (Fsp3) is 0.167.